The molecule has 1 aliphatic rings. The first-order valence-electron chi connectivity index (χ1n) is 12.5. The molecule has 3 atom stereocenters. The van der Waals surface area contributed by atoms with E-state index in [9.17, 15) is 0 Å². The van der Waals surface area contributed by atoms with Crippen LogP contribution in [0.5, 0.6) is 0 Å². The molecule has 0 spiro atoms. The van der Waals surface area contributed by atoms with Crippen molar-refractivity contribution in [3.63, 3.8) is 0 Å². The topological polar surface area (TPSA) is 32.5 Å². The number of hydrogen-bond donors (Lipinski definition) is 0. The van der Waals surface area contributed by atoms with Gasteiger partial charge in [-0.1, -0.05) is 74.5 Å². The van der Waals surface area contributed by atoms with E-state index in [4.69, 9.17) is 9.40 Å². The molecule has 6 heteroatoms. The second-order valence-corrected chi connectivity index (χ2v) is 10.5. The van der Waals surface area contributed by atoms with Crippen molar-refractivity contribution in [3.8, 4) is 11.1 Å². The zero-order valence-corrected chi connectivity index (χ0v) is 23.0. The molecular formula is C30H33N3OP2. The monoisotopic (exact) mass is 513 g/mol. The molecule has 0 saturated carbocycles. The van der Waals surface area contributed by atoms with Crippen LogP contribution in [0, 0.1) is 0 Å². The smallest absolute Gasteiger partial charge is 0.137 e. The lowest BCUT2D eigenvalue weighted by Gasteiger charge is -2.45. The molecule has 3 unspecified atom stereocenters. The highest BCUT2D eigenvalue weighted by Gasteiger charge is 2.34. The van der Waals surface area contributed by atoms with Crippen LogP contribution in [0.25, 0.3) is 11.1 Å². The highest BCUT2D eigenvalue weighted by molar-refractivity contribution is 7.19. The molecule has 0 N–H and O–H groups in total. The first-order valence-corrected chi connectivity index (χ1v) is 13.8. The summed E-state index contributed by atoms with van der Waals surface area (Å²) in [6, 6.07) is 25.9. The van der Waals surface area contributed by atoms with Crippen molar-refractivity contribution in [1.82, 2.24) is 9.88 Å². The third-order valence-corrected chi connectivity index (χ3v) is 8.08. The third kappa shape index (κ3) is 5.04. The highest BCUT2D eigenvalue weighted by Crippen LogP contribution is 2.40. The lowest BCUT2D eigenvalue weighted by Crippen LogP contribution is -2.49. The normalized spacial score (nSPS) is 17.3. The fourth-order valence-electron chi connectivity index (χ4n) is 5.03. The summed E-state index contributed by atoms with van der Waals surface area (Å²) in [6.07, 6.45) is 3.61. The summed E-state index contributed by atoms with van der Waals surface area (Å²) in [5, 5.41) is 0. The molecular weight excluding hydrogens is 480 g/mol. The molecule has 4 nitrogen and oxygen atoms in total. The van der Waals surface area contributed by atoms with Crippen LogP contribution < -0.4 is 4.90 Å². The number of pyridine rings is 1. The van der Waals surface area contributed by atoms with E-state index in [2.05, 4.69) is 115 Å². The van der Waals surface area contributed by atoms with Crippen molar-refractivity contribution in [3.05, 3.63) is 108 Å². The molecule has 2 aromatic carbocycles. The maximum absolute atomic E-state index is 5.41. The minimum absolute atomic E-state index is 0.174. The first-order chi connectivity index (χ1) is 17.6. The maximum atomic E-state index is 5.41. The van der Waals surface area contributed by atoms with Gasteiger partial charge in [0.1, 0.15) is 5.82 Å². The van der Waals surface area contributed by atoms with Crippen LogP contribution in [0.3, 0.4) is 0 Å². The van der Waals surface area contributed by atoms with Gasteiger partial charge in [-0.3, -0.25) is 4.90 Å². The Bertz CT molecular complexity index is 1290. The minimum atomic E-state index is 0.174. The average Bonchev–Trinajstić information content (AvgIpc) is 3.48. The number of nitrogens with zero attached hydrogens (tertiary/aromatic N) is 3. The van der Waals surface area contributed by atoms with Crippen LogP contribution in [0.2, 0.25) is 0 Å². The number of furan rings is 1. The van der Waals surface area contributed by atoms with Crippen molar-refractivity contribution in [2.75, 3.05) is 24.5 Å². The van der Waals surface area contributed by atoms with Gasteiger partial charge in [0.25, 0.3) is 0 Å². The number of rotatable bonds is 7. The number of piperazine rings is 1. The van der Waals surface area contributed by atoms with Crippen LogP contribution in [-0.2, 0) is 0 Å². The molecule has 36 heavy (non-hydrogen) atoms. The van der Waals surface area contributed by atoms with E-state index in [0.29, 0.717) is 5.92 Å². The molecule has 1 aliphatic heterocycles. The van der Waals surface area contributed by atoms with Gasteiger partial charge < -0.3 is 9.32 Å². The van der Waals surface area contributed by atoms with E-state index in [1.54, 1.807) is 6.26 Å². The Morgan fingerprint density at radius 2 is 1.75 bits per heavy atom. The van der Waals surface area contributed by atoms with Crippen molar-refractivity contribution in [2.24, 2.45) is 0 Å². The quantitative estimate of drug-likeness (QED) is 0.245. The number of aromatic nitrogens is 1. The Kier molecular flexibility index (Phi) is 7.67. The zero-order valence-electron chi connectivity index (χ0n) is 20.8. The van der Waals surface area contributed by atoms with Crippen molar-refractivity contribution < 1.29 is 4.42 Å². The van der Waals surface area contributed by atoms with Crippen LogP contribution in [0.15, 0.2) is 89.7 Å². The molecule has 184 valence electrons. The zero-order chi connectivity index (χ0) is 25.1. The molecule has 0 bridgehead atoms. The van der Waals surface area contributed by atoms with E-state index in [1.807, 2.05) is 12.1 Å². The van der Waals surface area contributed by atoms with Crippen molar-refractivity contribution in [2.45, 2.75) is 31.6 Å². The van der Waals surface area contributed by atoms with Gasteiger partial charge in [-0.05, 0) is 40.5 Å². The van der Waals surface area contributed by atoms with Gasteiger partial charge in [0.2, 0.25) is 0 Å². The van der Waals surface area contributed by atoms with Gasteiger partial charge in [0, 0.05) is 36.5 Å². The second kappa shape index (κ2) is 11.1. The summed E-state index contributed by atoms with van der Waals surface area (Å²) >= 11 is 0. The van der Waals surface area contributed by atoms with Crippen molar-refractivity contribution in [1.29, 1.82) is 0 Å². The average molecular weight is 514 g/mol. The van der Waals surface area contributed by atoms with Gasteiger partial charge in [-0.2, -0.15) is 0 Å². The Hall–Kier alpha value is -2.77. The molecule has 0 radical (unpaired) electrons. The molecule has 5 rings (SSSR count). The Morgan fingerprint density at radius 1 is 1.03 bits per heavy atom. The molecule has 4 aromatic rings. The van der Waals surface area contributed by atoms with E-state index in [1.165, 1.54) is 22.3 Å². The summed E-state index contributed by atoms with van der Waals surface area (Å²) in [5.41, 5.74) is 7.14. The fourth-order valence-corrected chi connectivity index (χ4v) is 5.86. The second-order valence-electron chi connectivity index (χ2n) is 9.61. The van der Waals surface area contributed by atoms with E-state index in [-0.39, 0.29) is 11.8 Å². The van der Waals surface area contributed by atoms with Gasteiger partial charge >= 0.3 is 0 Å². The molecule has 3 heterocycles. The Morgan fingerprint density at radius 3 is 2.39 bits per heavy atom. The summed E-state index contributed by atoms with van der Waals surface area (Å²) in [4.78, 5) is 10.2. The van der Waals surface area contributed by atoms with Gasteiger partial charge in [0.05, 0.1) is 24.4 Å². The van der Waals surface area contributed by atoms with Crippen molar-refractivity contribution >= 4 is 29.7 Å². The van der Waals surface area contributed by atoms with Gasteiger partial charge in [-0.25, -0.2) is 4.98 Å². The third-order valence-electron chi connectivity index (χ3n) is 7.03. The SMILES string of the molecule is CC(C)c1cc(-c2ccccc2)c(C=P)c(N2CCN(C(P)c3ccoc3)C(c3ccccc3)C2)n1. The largest absolute Gasteiger partial charge is 0.472 e. The molecule has 1 fully saturated rings. The van der Waals surface area contributed by atoms with Crippen LogP contribution in [0.4, 0.5) is 5.82 Å². The lowest BCUT2D eigenvalue weighted by atomic mass is 9.96. The summed E-state index contributed by atoms with van der Waals surface area (Å²) < 4.78 is 5.41. The van der Waals surface area contributed by atoms with E-state index < -0.39 is 0 Å². The van der Waals surface area contributed by atoms with E-state index in [0.717, 1.165) is 36.7 Å². The van der Waals surface area contributed by atoms with Crippen LogP contribution >= 0.6 is 18.1 Å². The summed E-state index contributed by atoms with van der Waals surface area (Å²) in [5.74, 6) is 3.58. The first kappa shape index (κ1) is 24.9. The number of benzene rings is 2. The fraction of sp³-hybridized carbons (Fsp3) is 0.267. The Balaban J connectivity index is 1.57. The minimum Gasteiger partial charge on any atom is -0.472 e. The number of anilines is 1. The predicted molar refractivity (Wildman–Crippen MR) is 157 cm³/mol. The molecule has 0 aliphatic carbocycles. The van der Waals surface area contributed by atoms with E-state index >= 15 is 0 Å². The molecule has 1 saturated heterocycles. The standard InChI is InChI=1S/C30H33N3OP2/c1-21(2)27-17-25(22-9-5-3-6-10-22)26(20-35)29(31-27)32-14-15-33(30(36)24-13-16-34-19-24)28(18-32)23-11-7-4-8-12-23/h3-13,16-17,19-21,28,30,35H,14-15,18,36H2,1-2H3. The molecule has 0 amide bonds. The maximum Gasteiger partial charge on any atom is 0.137 e. The number of hydrogen-bond acceptors (Lipinski definition) is 4. The van der Waals surface area contributed by atoms with Gasteiger partial charge in [0.15, 0.2) is 0 Å². The predicted octanol–water partition coefficient (Wildman–Crippen LogP) is 7.20. The highest BCUT2D eigenvalue weighted by atomic mass is 31.0. The summed E-state index contributed by atoms with van der Waals surface area (Å²) in [7, 11) is 6.77. The van der Waals surface area contributed by atoms with Crippen LogP contribution in [-0.4, -0.2) is 35.3 Å². The van der Waals surface area contributed by atoms with Crippen LogP contribution in [0.1, 0.15) is 54.0 Å². The lowest BCUT2D eigenvalue weighted by molar-refractivity contribution is 0.162. The molecule has 2 aromatic heterocycles. The summed E-state index contributed by atoms with van der Waals surface area (Å²) in [6.45, 7) is 7.08. The van der Waals surface area contributed by atoms with Gasteiger partial charge in [-0.15, -0.1) is 18.1 Å². The Labute approximate surface area is 218 Å².